The molecular weight excluding hydrogens is 400 g/mol. The van der Waals surface area contributed by atoms with E-state index in [1.807, 2.05) is 0 Å². The molecule has 0 amide bonds. The fourth-order valence-corrected chi connectivity index (χ4v) is 5.29. The van der Waals surface area contributed by atoms with Crippen LogP contribution in [0.15, 0.2) is 12.4 Å². The summed E-state index contributed by atoms with van der Waals surface area (Å²) >= 11 is 0. The number of rotatable bonds is 25. The summed E-state index contributed by atoms with van der Waals surface area (Å²) in [6, 6.07) is 0. The second kappa shape index (κ2) is 23.1. The largest absolute Gasteiger partial charge is 0.356 e. The van der Waals surface area contributed by atoms with Crippen LogP contribution in [0.25, 0.3) is 0 Å². The van der Waals surface area contributed by atoms with Crippen molar-refractivity contribution in [3.63, 3.8) is 0 Å². The zero-order chi connectivity index (χ0) is 23.8. The van der Waals surface area contributed by atoms with Gasteiger partial charge in [-0.25, -0.2) is 0 Å². The van der Waals surface area contributed by atoms with Gasteiger partial charge in [0.2, 0.25) is 0 Å². The molecule has 0 aliphatic carbocycles. The van der Waals surface area contributed by atoms with Gasteiger partial charge in [-0.05, 0) is 25.7 Å². The minimum absolute atomic E-state index is 0.641. The molecule has 1 aliphatic rings. The molecule has 1 heterocycles. The first-order valence-corrected chi connectivity index (χ1v) is 15.5. The molecule has 0 saturated heterocycles. The first kappa shape index (κ1) is 30.4. The third-order valence-electron chi connectivity index (χ3n) is 7.57. The van der Waals surface area contributed by atoms with Gasteiger partial charge in [-0.3, -0.25) is 0 Å². The fourth-order valence-electron chi connectivity index (χ4n) is 5.29. The van der Waals surface area contributed by atoms with E-state index in [1.165, 1.54) is 161 Å². The Morgan fingerprint density at radius 1 is 0.394 bits per heavy atom. The monoisotopic (exact) mass is 462 g/mol. The Bertz CT molecular complexity index is 419. The highest BCUT2D eigenvalue weighted by Crippen LogP contribution is 2.23. The predicted molar refractivity (Wildman–Crippen MR) is 150 cm³/mol. The molecule has 0 aromatic rings. The minimum atomic E-state index is 0.641. The minimum Gasteiger partial charge on any atom is -0.356 e. The van der Waals surface area contributed by atoms with Crippen LogP contribution >= 0.6 is 0 Å². The third kappa shape index (κ3) is 16.6. The van der Waals surface area contributed by atoms with Gasteiger partial charge in [0.05, 0.1) is 0 Å². The van der Waals surface area contributed by atoms with Gasteiger partial charge in [0, 0.05) is 25.5 Å². The van der Waals surface area contributed by atoms with Crippen LogP contribution in [0.3, 0.4) is 0 Å². The molecule has 0 bridgehead atoms. The summed E-state index contributed by atoms with van der Waals surface area (Å²) in [5, 5.41) is 0. The van der Waals surface area contributed by atoms with E-state index < -0.39 is 0 Å². The Morgan fingerprint density at radius 2 is 0.697 bits per heavy atom. The van der Waals surface area contributed by atoms with E-state index in [4.69, 9.17) is 0 Å². The van der Waals surface area contributed by atoms with Gasteiger partial charge in [-0.15, -0.1) is 0 Å². The van der Waals surface area contributed by atoms with Crippen LogP contribution in [-0.4, -0.2) is 29.1 Å². The van der Waals surface area contributed by atoms with E-state index in [1.54, 1.807) is 0 Å². The summed E-state index contributed by atoms with van der Waals surface area (Å²) < 4.78 is 0. The average Bonchev–Trinajstić information content (AvgIpc) is 3.21. The van der Waals surface area contributed by atoms with Crippen LogP contribution in [0, 0.1) is 0 Å². The van der Waals surface area contributed by atoms with Crippen molar-refractivity contribution in [2.24, 2.45) is 0 Å². The summed E-state index contributed by atoms with van der Waals surface area (Å²) in [6.45, 7) is 9.46. The maximum Gasteiger partial charge on any atom is 0.101 e. The molecule has 0 N–H and O–H groups in total. The van der Waals surface area contributed by atoms with Gasteiger partial charge < -0.3 is 9.80 Å². The highest BCUT2D eigenvalue weighted by atomic mass is 15.4. The first-order valence-electron chi connectivity index (χ1n) is 15.5. The van der Waals surface area contributed by atoms with E-state index in [9.17, 15) is 0 Å². The summed E-state index contributed by atoms with van der Waals surface area (Å²) in [5.74, 6) is 0. The van der Waals surface area contributed by atoms with Crippen molar-refractivity contribution in [1.82, 2.24) is 9.80 Å². The van der Waals surface area contributed by atoms with Crippen molar-refractivity contribution >= 4 is 0 Å². The molecule has 33 heavy (non-hydrogen) atoms. The fraction of sp³-hybridized carbons (Fsp3) is 0.935. The standard InChI is InChI=1S/C31H62N2/c1-4-7-10-12-14-16-17-18-19-21-23-25-28-33-30-29-32(31(33)26-9-6-3)27-24-22-20-15-13-11-8-5-2/h29-31H,4-28H2,1-3H3. The van der Waals surface area contributed by atoms with Crippen molar-refractivity contribution in [1.29, 1.82) is 0 Å². The molecule has 2 nitrogen and oxygen atoms in total. The van der Waals surface area contributed by atoms with Gasteiger partial charge in [-0.1, -0.05) is 143 Å². The lowest BCUT2D eigenvalue weighted by Gasteiger charge is -2.33. The lowest BCUT2D eigenvalue weighted by atomic mass is 10.1. The van der Waals surface area contributed by atoms with E-state index in [-0.39, 0.29) is 0 Å². The smallest absolute Gasteiger partial charge is 0.101 e. The van der Waals surface area contributed by atoms with Crippen LogP contribution in [0.2, 0.25) is 0 Å². The van der Waals surface area contributed by atoms with E-state index in [0.29, 0.717) is 6.17 Å². The highest BCUT2D eigenvalue weighted by Gasteiger charge is 2.24. The molecule has 0 aromatic heterocycles. The van der Waals surface area contributed by atoms with Crippen molar-refractivity contribution in [3.05, 3.63) is 12.4 Å². The van der Waals surface area contributed by atoms with Gasteiger partial charge >= 0.3 is 0 Å². The summed E-state index contributed by atoms with van der Waals surface area (Å²) in [7, 11) is 0. The summed E-state index contributed by atoms with van der Waals surface area (Å²) in [6.07, 6.45) is 38.0. The quantitative estimate of drug-likeness (QED) is 0.124. The lowest BCUT2D eigenvalue weighted by Crippen LogP contribution is -2.39. The van der Waals surface area contributed by atoms with Crippen molar-refractivity contribution < 1.29 is 0 Å². The molecule has 0 aromatic carbocycles. The third-order valence-corrected chi connectivity index (χ3v) is 7.57. The number of hydrogen-bond donors (Lipinski definition) is 0. The number of unbranched alkanes of at least 4 members (excludes halogenated alkanes) is 19. The van der Waals surface area contributed by atoms with Gasteiger partial charge in [0.15, 0.2) is 0 Å². The van der Waals surface area contributed by atoms with E-state index in [2.05, 4.69) is 43.0 Å². The van der Waals surface area contributed by atoms with E-state index in [0.717, 1.165) is 0 Å². The maximum atomic E-state index is 2.66. The van der Waals surface area contributed by atoms with Crippen molar-refractivity contribution in [3.8, 4) is 0 Å². The lowest BCUT2D eigenvalue weighted by molar-refractivity contribution is 0.136. The molecule has 1 rings (SSSR count). The molecule has 1 unspecified atom stereocenters. The summed E-state index contributed by atoms with van der Waals surface area (Å²) in [5.41, 5.74) is 0. The molecule has 0 saturated carbocycles. The Morgan fingerprint density at radius 3 is 1.03 bits per heavy atom. The van der Waals surface area contributed by atoms with Crippen LogP contribution in [0.5, 0.6) is 0 Å². The second-order valence-electron chi connectivity index (χ2n) is 10.8. The Hall–Kier alpha value is -0.660. The number of nitrogens with zero attached hydrogens (tertiary/aromatic N) is 2. The van der Waals surface area contributed by atoms with Gasteiger partial charge in [0.25, 0.3) is 0 Å². The molecule has 1 atom stereocenters. The van der Waals surface area contributed by atoms with Gasteiger partial charge in [-0.2, -0.15) is 0 Å². The number of hydrogen-bond acceptors (Lipinski definition) is 2. The molecule has 0 radical (unpaired) electrons. The van der Waals surface area contributed by atoms with Crippen LogP contribution < -0.4 is 0 Å². The highest BCUT2D eigenvalue weighted by molar-refractivity contribution is 4.96. The molecule has 0 spiro atoms. The zero-order valence-electron chi connectivity index (χ0n) is 23.3. The first-order chi connectivity index (χ1) is 16.3. The Balaban J connectivity index is 2.08. The normalized spacial score (nSPS) is 15.8. The second-order valence-corrected chi connectivity index (χ2v) is 10.8. The Labute approximate surface area is 210 Å². The zero-order valence-corrected chi connectivity index (χ0v) is 23.3. The SMILES string of the molecule is CCCCCCCCCCCCCCN1C=CN(CCCCCCCCCC)C1CCCC. The van der Waals surface area contributed by atoms with Crippen LogP contribution in [0.1, 0.15) is 168 Å². The van der Waals surface area contributed by atoms with Crippen molar-refractivity contribution in [2.75, 3.05) is 13.1 Å². The van der Waals surface area contributed by atoms with Crippen LogP contribution in [0.4, 0.5) is 0 Å². The maximum absolute atomic E-state index is 2.66. The van der Waals surface area contributed by atoms with E-state index >= 15 is 0 Å². The predicted octanol–water partition coefficient (Wildman–Crippen LogP) is 10.4. The Kier molecular flexibility index (Phi) is 21.3. The summed E-state index contributed by atoms with van der Waals surface area (Å²) in [4.78, 5) is 5.32. The average molecular weight is 463 g/mol. The molecule has 1 aliphatic heterocycles. The van der Waals surface area contributed by atoms with Crippen molar-refractivity contribution in [2.45, 2.75) is 175 Å². The van der Waals surface area contributed by atoms with Crippen LogP contribution in [-0.2, 0) is 0 Å². The molecule has 196 valence electrons. The molecule has 2 heteroatoms. The van der Waals surface area contributed by atoms with Gasteiger partial charge in [0.1, 0.15) is 6.17 Å². The molecule has 0 fully saturated rings. The molecular formula is C31H62N2. The topological polar surface area (TPSA) is 6.48 Å².